The van der Waals surface area contributed by atoms with Crippen molar-refractivity contribution in [2.24, 2.45) is 0 Å². The third kappa shape index (κ3) is 2.97. The maximum Gasteiger partial charge on any atom is 0.262 e. The summed E-state index contributed by atoms with van der Waals surface area (Å²) in [4.78, 5) is 3.58. The number of hydrogen-bond acceptors (Lipinski definition) is 2. The largest absolute Gasteiger partial charge is 0.359 e. The molecule has 0 aliphatic heterocycles. The Bertz CT molecular complexity index is 978. The second-order valence-corrected chi connectivity index (χ2v) is 7.71. The van der Waals surface area contributed by atoms with Gasteiger partial charge in [-0.05, 0) is 63.1 Å². The number of rotatable bonds is 3. The number of aromatic amines is 1. The summed E-state index contributed by atoms with van der Waals surface area (Å²) < 4.78 is 28.2. The van der Waals surface area contributed by atoms with Gasteiger partial charge in [0.1, 0.15) is 0 Å². The standard InChI is InChI=1S/C18H20N2O2S/c1-11-7-12(2)18(13(3)8-11)23(21,22)20-16-5-6-17-15(10-16)9-14(4)19-17/h5-10,19-20H,1-4H3. The minimum absolute atomic E-state index is 0.355. The van der Waals surface area contributed by atoms with E-state index in [1.54, 1.807) is 6.07 Å². The molecular weight excluding hydrogens is 308 g/mol. The number of benzene rings is 2. The Kier molecular flexibility index (Phi) is 3.68. The predicted molar refractivity (Wildman–Crippen MR) is 94.5 cm³/mol. The van der Waals surface area contributed by atoms with Gasteiger partial charge in [-0.15, -0.1) is 0 Å². The summed E-state index contributed by atoms with van der Waals surface area (Å²) in [6.45, 7) is 7.59. The molecule has 5 heteroatoms. The zero-order valence-electron chi connectivity index (χ0n) is 13.7. The Hall–Kier alpha value is -2.27. The molecule has 3 rings (SSSR count). The van der Waals surface area contributed by atoms with Gasteiger partial charge < -0.3 is 4.98 Å². The van der Waals surface area contributed by atoms with Crippen molar-refractivity contribution in [3.63, 3.8) is 0 Å². The lowest BCUT2D eigenvalue weighted by Crippen LogP contribution is -2.15. The highest BCUT2D eigenvalue weighted by molar-refractivity contribution is 7.92. The van der Waals surface area contributed by atoms with Crippen molar-refractivity contribution >= 4 is 26.6 Å². The molecular formula is C18H20N2O2S. The number of anilines is 1. The van der Waals surface area contributed by atoms with Crippen LogP contribution in [0.2, 0.25) is 0 Å². The Morgan fingerprint density at radius 1 is 0.913 bits per heavy atom. The minimum Gasteiger partial charge on any atom is -0.359 e. The van der Waals surface area contributed by atoms with Crippen LogP contribution in [0.25, 0.3) is 10.9 Å². The highest BCUT2D eigenvalue weighted by Gasteiger charge is 2.20. The molecule has 0 saturated heterocycles. The normalized spacial score (nSPS) is 11.8. The summed E-state index contributed by atoms with van der Waals surface area (Å²) in [7, 11) is -3.61. The summed E-state index contributed by atoms with van der Waals surface area (Å²) >= 11 is 0. The van der Waals surface area contributed by atoms with Crippen LogP contribution in [0.1, 0.15) is 22.4 Å². The summed E-state index contributed by atoms with van der Waals surface area (Å²) in [5, 5.41) is 0.986. The van der Waals surface area contributed by atoms with Gasteiger partial charge in [-0.1, -0.05) is 17.7 Å². The number of hydrogen-bond donors (Lipinski definition) is 2. The van der Waals surface area contributed by atoms with E-state index in [9.17, 15) is 8.42 Å². The van der Waals surface area contributed by atoms with E-state index in [-0.39, 0.29) is 0 Å². The van der Waals surface area contributed by atoms with E-state index in [4.69, 9.17) is 0 Å². The Morgan fingerprint density at radius 3 is 2.22 bits per heavy atom. The smallest absolute Gasteiger partial charge is 0.262 e. The molecule has 23 heavy (non-hydrogen) atoms. The molecule has 4 nitrogen and oxygen atoms in total. The first kappa shape index (κ1) is 15.6. The zero-order chi connectivity index (χ0) is 16.8. The van der Waals surface area contributed by atoms with Gasteiger partial charge in [0.15, 0.2) is 0 Å². The van der Waals surface area contributed by atoms with Crippen LogP contribution in [0.3, 0.4) is 0 Å². The Balaban J connectivity index is 2.03. The first-order chi connectivity index (χ1) is 10.8. The Labute approximate surface area is 136 Å². The predicted octanol–water partition coefficient (Wildman–Crippen LogP) is 4.20. The molecule has 120 valence electrons. The molecule has 0 aliphatic carbocycles. The molecule has 1 heterocycles. The molecule has 0 unspecified atom stereocenters. The third-order valence-corrected chi connectivity index (χ3v) is 5.57. The van der Waals surface area contributed by atoms with Crippen molar-refractivity contribution in [1.29, 1.82) is 0 Å². The molecule has 2 aromatic carbocycles. The topological polar surface area (TPSA) is 62.0 Å². The lowest BCUT2D eigenvalue weighted by molar-refractivity contribution is 0.600. The van der Waals surface area contributed by atoms with Crippen molar-refractivity contribution in [3.05, 3.63) is 58.8 Å². The second-order valence-electron chi connectivity index (χ2n) is 6.09. The van der Waals surface area contributed by atoms with Crippen molar-refractivity contribution < 1.29 is 8.42 Å². The maximum atomic E-state index is 12.8. The molecule has 0 aliphatic rings. The molecule has 0 amide bonds. The monoisotopic (exact) mass is 328 g/mol. The van der Waals surface area contributed by atoms with Crippen LogP contribution in [0.15, 0.2) is 41.3 Å². The molecule has 0 atom stereocenters. The van der Waals surface area contributed by atoms with Crippen molar-refractivity contribution in [1.82, 2.24) is 4.98 Å². The van der Waals surface area contributed by atoms with E-state index in [1.165, 1.54) is 0 Å². The SMILES string of the molecule is Cc1cc(C)c(S(=O)(=O)Nc2ccc3[nH]c(C)cc3c2)c(C)c1. The van der Waals surface area contributed by atoms with Crippen LogP contribution < -0.4 is 4.72 Å². The van der Waals surface area contributed by atoms with E-state index in [1.807, 2.05) is 58.0 Å². The summed E-state index contributed by atoms with van der Waals surface area (Å²) in [6.07, 6.45) is 0. The van der Waals surface area contributed by atoms with E-state index in [0.717, 1.165) is 33.3 Å². The van der Waals surface area contributed by atoms with Crippen LogP contribution >= 0.6 is 0 Å². The molecule has 0 radical (unpaired) electrons. The fraction of sp³-hybridized carbons (Fsp3) is 0.222. The highest BCUT2D eigenvalue weighted by atomic mass is 32.2. The number of fused-ring (bicyclic) bond motifs is 1. The van der Waals surface area contributed by atoms with Crippen molar-refractivity contribution in [2.45, 2.75) is 32.6 Å². The van der Waals surface area contributed by atoms with Gasteiger partial charge in [0, 0.05) is 22.3 Å². The van der Waals surface area contributed by atoms with Gasteiger partial charge in [-0.3, -0.25) is 4.72 Å². The van der Waals surface area contributed by atoms with E-state index < -0.39 is 10.0 Å². The molecule has 2 N–H and O–H groups in total. The molecule has 3 aromatic rings. The molecule has 0 spiro atoms. The molecule has 1 aromatic heterocycles. The van der Waals surface area contributed by atoms with E-state index in [0.29, 0.717) is 10.6 Å². The van der Waals surface area contributed by atoms with Crippen LogP contribution in [0.4, 0.5) is 5.69 Å². The quantitative estimate of drug-likeness (QED) is 0.757. The van der Waals surface area contributed by atoms with Gasteiger partial charge in [-0.2, -0.15) is 0 Å². The summed E-state index contributed by atoms with van der Waals surface area (Å²) in [5.74, 6) is 0. The van der Waals surface area contributed by atoms with E-state index >= 15 is 0 Å². The van der Waals surface area contributed by atoms with Crippen LogP contribution in [0.5, 0.6) is 0 Å². The number of aryl methyl sites for hydroxylation is 4. The number of aromatic nitrogens is 1. The first-order valence-corrected chi connectivity index (χ1v) is 8.94. The lowest BCUT2D eigenvalue weighted by Gasteiger charge is -2.14. The average molecular weight is 328 g/mol. The third-order valence-electron chi connectivity index (χ3n) is 3.88. The van der Waals surface area contributed by atoms with Crippen LogP contribution in [-0.4, -0.2) is 13.4 Å². The van der Waals surface area contributed by atoms with Crippen molar-refractivity contribution in [3.8, 4) is 0 Å². The minimum atomic E-state index is -3.61. The van der Waals surface area contributed by atoms with Gasteiger partial charge in [0.05, 0.1) is 4.90 Å². The van der Waals surface area contributed by atoms with Gasteiger partial charge in [0.2, 0.25) is 0 Å². The molecule has 0 saturated carbocycles. The fourth-order valence-corrected chi connectivity index (χ4v) is 4.64. The lowest BCUT2D eigenvalue weighted by atomic mass is 10.1. The second kappa shape index (κ2) is 5.42. The Morgan fingerprint density at radius 2 is 1.57 bits per heavy atom. The number of sulfonamides is 1. The first-order valence-electron chi connectivity index (χ1n) is 7.46. The molecule has 0 fully saturated rings. The van der Waals surface area contributed by atoms with Crippen molar-refractivity contribution in [2.75, 3.05) is 4.72 Å². The average Bonchev–Trinajstić information content (AvgIpc) is 2.75. The number of H-pyrrole nitrogens is 1. The van der Waals surface area contributed by atoms with E-state index in [2.05, 4.69) is 9.71 Å². The van der Waals surface area contributed by atoms with Gasteiger partial charge in [-0.25, -0.2) is 8.42 Å². The maximum absolute atomic E-state index is 12.8. The molecule has 0 bridgehead atoms. The van der Waals surface area contributed by atoms with Gasteiger partial charge in [0.25, 0.3) is 10.0 Å². The zero-order valence-corrected chi connectivity index (χ0v) is 14.5. The van der Waals surface area contributed by atoms with Crippen LogP contribution in [-0.2, 0) is 10.0 Å². The van der Waals surface area contributed by atoms with Gasteiger partial charge >= 0.3 is 0 Å². The summed E-state index contributed by atoms with van der Waals surface area (Å²) in [6, 6.07) is 11.3. The summed E-state index contributed by atoms with van der Waals surface area (Å²) in [5.41, 5.74) is 5.18. The number of nitrogens with one attached hydrogen (secondary N) is 2. The van der Waals surface area contributed by atoms with Crippen LogP contribution in [0, 0.1) is 27.7 Å². The highest BCUT2D eigenvalue weighted by Crippen LogP contribution is 2.26. The fourth-order valence-electron chi connectivity index (χ4n) is 3.14.